The van der Waals surface area contributed by atoms with Gasteiger partial charge in [0, 0.05) is 39.2 Å². The van der Waals surface area contributed by atoms with E-state index in [1.807, 2.05) is 0 Å². The fraction of sp³-hybridized carbons (Fsp3) is 0.231. The second-order valence-electron chi connectivity index (χ2n) is 16.2. The van der Waals surface area contributed by atoms with Gasteiger partial charge in [-0.1, -0.05) is 141 Å². The van der Waals surface area contributed by atoms with Crippen LogP contribution in [-0.4, -0.2) is 12.1 Å². The van der Waals surface area contributed by atoms with E-state index in [4.69, 9.17) is 0 Å². The van der Waals surface area contributed by atoms with Crippen LogP contribution in [0, 0.1) is 5.92 Å². The molecular weight excluding hydrogens is 723 g/mol. The predicted molar refractivity (Wildman–Crippen MR) is 251 cm³/mol. The van der Waals surface area contributed by atoms with Gasteiger partial charge < -0.3 is 32.4 Å². The number of anilines is 5. The highest BCUT2D eigenvalue weighted by Gasteiger charge is 2.27. The van der Waals surface area contributed by atoms with Crippen LogP contribution in [0.4, 0.5) is 28.4 Å². The molecule has 3 aliphatic carbocycles. The van der Waals surface area contributed by atoms with Crippen LogP contribution < -0.4 is 37.9 Å². The van der Waals surface area contributed by atoms with Gasteiger partial charge in [-0.3, -0.25) is 0 Å². The molecule has 9 rings (SSSR count). The Morgan fingerprint density at radius 1 is 0.542 bits per heavy atom. The van der Waals surface area contributed by atoms with Gasteiger partial charge in [-0.2, -0.15) is 0 Å². The topological polar surface area (TPSA) is 84.2 Å². The molecule has 7 heteroatoms. The van der Waals surface area contributed by atoms with E-state index >= 15 is 0 Å². The number of hydrogen-bond donors (Lipinski definition) is 7. The molecule has 7 nitrogen and oxygen atoms in total. The van der Waals surface area contributed by atoms with Crippen molar-refractivity contribution in [1.29, 1.82) is 0 Å². The second kappa shape index (κ2) is 17.6. The largest absolute Gasteiger partial charge is 0.382 e. The lowest BCUT2D eigenvalue weighted by atomic mass is 9.83. The van der Waals surface area contributed by atoms with Crippen molar-refractivity contribution in [3.8, 4) is 11.1 Å². The maximum atomic E-state index is 3.69. The number of hydrazine groups is 3. The lowest BCUT2D eigenvalue weighted by Gasteiger charge is -2.32. The number of benzene rings is 6. The van der Waals surface area contributed by atoms with E-state index in [-0.39, 0.29) is 12.0 Å². The molecule has 0 radical (unpaired) electrons. The Morgan fingerprint density at radius 2 is 1.08 bits per heavy atom. The third-order valence-electron chi connectivity index (χ3n) is 12.3. The minimum Gasteiger partial charge on any atom is -0.382 e. The molecule has 3 unspecified atom stereocenters. The zero-order chi connectivity index (χ0) is 40.0. The first-order chi connectivity index (χ1) is 29.1. The molecular formula is C52H55N7. The van der Waals surface area contributed by atoms with Crippen molar-refractivity contribution in [2.75, 3.05) is 27.1 Å². The molecule has 0 amide bonds. The maximum Gasteiger partial charge on any atom is 0.0619 e. The van der Waals surface area contributed by atoms with E-state index in [2.05, 4.69) is 210 Å². The van der Waals surface area contributed by atoms with Gasteiger partial charge in [0.25, 0.3) is 0 Å². The first-order valence-corrected chi connectivity index (χ1v) is 21.4. The standard InChI is InChI=1S/C52H55N7/c1-3-35(2)53-47-29-30-49(42-16-8-7-15-41(42)47)56-57-51-33-34-52(46-20-12-11-19-45(46)51)59-58-50-32-31-48(43-17-9-10-18-44(43)50)55-54-40-27-25-39(26-28-40)38-23-21-37(22-24-38)36-13-5-4-6-14-36/h7-12,15-36,42,49,53-59H,3-6,13-14H2,1-2H3. The number of hydrogen-bond acceptors (Lipinski definition) is 7. The van der Waals surface area contributed by atoms with Crippen LogP contribution in [0.3, 0.4) is 0 Å². The molecule has 298 valence electrons. The molecule has 59 heavy (non-hydrogen) atoms. The molecule has 0 aromatic heterocycles. The number of nitrogens with one attached hydrogen (secondary N) is 7. The minimum absolute atomic E-state index is 0.104. The maximum absolute atomic E-state index is 3.69. The fourth-order valence-electron chi connectivity index (χ4n) is 8.79. The normalized spacial score (nSPS) is 18.1. The summed E-state index contributed by atoms with van der Waals surface area (Å²) in [6.07, 6.45) is 21.1. The Morgan fingerprint density at radius 3 is 1.66 bits per heavy atom. The van der Waals surface area contributed by atoms with Gasteiger partial charge in [0.15, 0.2) is 0 Å². The van der Waals surface area contributed by atoms with Gasteiger partial charge in [0.05, 0.1) is 34.5 Å². The van der Waals surface area contributed by atoms with Gasteiger partial charge >= 0.3 is 0 Å². The molecule has 7 N–H and O–H groups in total. The molecule has 3 aliphatic rings. The van der Waals surface area contributed by atoms with E-state index in [9.17, 15) is 0 Å². The third-order valence-corrected chi connectivity index (χ3v) is 12.3. The summed E-state index contributed by atoms with van der Waals surface area (Å²) in [6, 6.07) is 43.8. The summed E-state index contributed by atoms with van der Waals surface area (Å²) in [6.45, 7) is 4.45. The average Bonchev–Trinajstić information content (AvgIpc) is 3.30. The van der Waals surface area contributed by atoms with Crippen LogP contribution in [-0.2, 0) is 0 Å². The first kappa shape index (κ1) is 38.1. The molecule has 3 atom stereocenters. The molecule has 6 aromatic carbocycles. The van der Waals surface area contributed by atoms with Crippen LogP contribution in [0.15, 0.2) is 169 Å². The van der Waals surface area contributed by atoms with Crippen molar-refractivity contribution in [3.05, 3.63) is 175 Å². The summed E-state index contributed by atoms with van der Waals surface area (Å²) in [4.78, 5) is 0. The Bertz CT molecular complexity index is 2530. The molecule has 6 aromatic rings. The SMILES string of the molecule is CCC(C)NC1=C2C=CC=CC2C(NNc2ccc(NNc3ccc(NNc4ccc(-c5ccc(C6CCCCC6)cc5)cc4)c4ccccc34)c3ccccc23)C=C1. The molecule has 0 aliphatic heterocycles. The predicted octanol–water partition coefficient (Wildman–Crippen LogP) is 12.8. The van der Waals surface area contributed by atoms with E-state index in [1.165, 1.54) is 60.1 Å². The Hall–Kier alpha value is -6.44. The van der Waals surface area contributed by atoms with Crippen LogP contribution in [0.2, 0.25) is 0 Å². The van der Waals surface area contributed by atoms with Crippen LogP contribution in [0.1, 0.15) is 63.9 Å². The Balaban J connectivity index is 0.848. The lowest BCUT2D eigenvalue weighted by molar-refractivity contribution is 0.443. The van der Waals surface area contributed by atoms with E-state index in [0.717, 1.165) is 62.3 Å². The van der Waals surface area contributed by atoms with Crippen molar-refractivity contribution in [3.63, 3.8) is 0 Å². The van der Waals surface area contributed by atoms with Crippen molar-refractivity contribution in [2.45, 2.75) is 70.4 Å². The minimum atomic E-state index is 0.104. The van der Waals surface area contributed by atoms with Gasteiger partial charge in [-0.25, -0.2) is 5.43 Å². The highest BCUT2D eigenvalue weighted by Crippen LogP contribution is 2.36. The number of allylic oxidation sites excluding steroid dienone is 4. The number of fused-ring (bicyclic) bond motifs is 3. The van der Waals surface area contributed by atoms with E-state index < -0.39 is 0 Å². The van der Waals surface area contributed by atoms with Gasteiger partial charge in [0.1, 0.15) is 0 Å². The molecule has 0 spiro atoms. The van der Waals surface area contributed by atoms with Gasteiger partial charge in [0.2, 0.25) is 0 Å². The summed E-state index contributed by atoms with van der Waals surface area (Å²) in [5.74, 6) is 0.964. The van der Waals surface area contributed by atoms with Crippen molar-refractivity contribution in [2.24, 2.45) is 5.92 Å². The van der Waals surface area contributed by atoms with Crippen LogP contribution >= 0.6 is 0 Å². The van der Waals surface area contributed by atoms with Crippen molar-refractivity contribution in [1.82, 2.24) is 10.7 Å². The first-order valence-electron chi connectivity index (χ1n) is 21.4. The second-order valence-corrected chi connectivity index (χ2v) is 16.2. The average molecular weight is 778 g/mol. The number of rotatable bonds is 14. The lowest BCUT2D eigenvalue weighted by Crippen LogP contribution is -2.41. The Labute approximate surface area is 348 Å². The zero-order valence-electron chi connectivity index (χ0n) is 34.1. The zero-order valence-corrected chi connectivity index (χ0v) is 34.1. The monoisotopic (exact) mass is 777 g/mol. The molecule has 1 fully saturated rings. The summed E-state index contributed by atoms with van der Waals surface area (Å²) in [5.41, 5.74) is 32.7. The molecule has 0 saturated heterocycles. The van der Waals surface area contributed by atoms with Gasteiger partial charge in [-0.05, 0) is 96.8 Å². The van der Waals surface area contributed by atoms with E-state index in [1.54, 1.807) is 0 Å². The Kier molecular flexibility index (Phi) is 11.4. The molecule has 1 saturated carbocycles. The van der Waals surface area contributed by atoms with Crippen LogP contribution in [0.25, 0.3) is 32.7 Å². The molecule has 0 heterocycles. The highest BCUT2D eigenvalue weighted by atomic mass is 15.4. The third kappa shape index (κ3) is 8.43. The van der Waals surface area contributed by atoms with E-state index in [0.29, 0.717) is 6.04 Å². The summed E-state index contributed by atoms with van der Waals surface area (Å²) >= 11 is 0. The van der Waals surface area contributed by atoms with Gasteiger partial charge in [-0.15, -0.1) is 0 Å². The molecule has 0 bridgehead atoms. The van der Waals surface area contributed by atoms with Crippen LogP contribution in [0.5, 0.6) is 0 Å². The fourth-order valence-corrected chi connectivity index (χ4v) is 8.79. The summed E-state index contributed by atoms with van der Waals surface area (Å²) < 4.78 is 0. The van der Waals surface area contributed by atoms with Crippen molar-refractivity contribution < 1.29 is 0 Å². The van der Waals surface area contributed by atoms with Crippen molar-refractivity contribution >= 4 is 50.0 Å². The summed E-state index contributed by atoms with van der Waals surface area (Å²) in [7, 11) is 0. The smallest absolute Gasteiger partial charge is 0.0619 e. The summed E-state index contributed by atoms with van der Waals surface area (Å²) in [5, 5.41) is 8.14. The highest BCUT2D eigenvalue weighted by molar-refractivity contribution is 6.04. The quantitative estimate of drug-likeness (QED) is 0.0555.